The van der Waals surface area contributed by atoms with Crippen molar-refractivity contribution in [2.24, 2.45) is 0 Å². The van der Waals surface area contributed by atoms with Gasteiger partial charge in [-0.05, 0) is 30.5 Å². The van der Waals surface area contributed by atoms with E-state index in [1.54, 1.807) is 0 Å². The minimum absolute atomic E-state index is 0.117. The molecule has 0 aliphatic heterocycles. The van der Waals surface area contributed by atoms with E-state index in [2.05, 4.69) is 6.58 Å². The summed E-state index contributed by atoms with van der Waals surface area (Å²) in [6, 6.07) is 7.49. The van der Waals surface area contributed by atoms with Gasteiger partial charge in [0.05, 0.1) is 0 Å². The van der Waals surface area contributed by atoms with Gasteiger partial charge in [-0.15, -0.1) is 0 Å². The number of ketones is 1. The second-order valence-corrected chi connectivity index (χ2v) is 4.31. The highest BCUT2D eigenvalue weighted by Crippen LogP contribution is 2.15. The summed E-state index contributed by atoms with van der Waals surface area (Å²) in [7, 11) is 0. The number of carbonyl (C=O) groups is 1. The smallest absolute Gasteiger partial charge is 0.186 e. The summed E-state index contributed by atoms with van der Waals surface area (Å²) >= 11 is 0. The topological polar surface area (TPSA) is 57.5 Å². The molecule has 1 atom stereocenters. The van der Waals surface area contributed by atoms with Crippen molar-refractivity contribution in [1.29, 1.82) is 0 Å². The maximum atomic E-state index is 11.4. The summed E-state index contributed by atoms with van der Waals surface area (Å²) in [5.74, 6) is -0.378. The maximum Gasteiger partial charge on any atom is 0.186 e. The highest BCUT2D eigenvalue weighted by Gasteiger charge is 2.27. The van der Waals surface area contributed by atoms with E-state index in [1.165, 1.54) is 6.92 Å². The fourth-order valence-corrected chi connectivity index (χ4v) is 1.66. The van der Waals surface area contributed by atoms with Crippen LogP contribution in [0.2, 0.25) is 0 Å². The second-order valence-electron chi connectivity index (χ2n) is 4.31. The minimum atomic E-state index is -1.40. The quantitative estimate of drug-likeness (QED) is 0.729. The van der Waals surface area contributed by atoms with Crippen molar-refractivity contribution in [3.8, 4) is 0 Å². The van der Waals surface area contributed by atoms with E-state index in [4.69, 9.17) is 5.11 Å². The van der Waals surface area contributed by atoms with Crippen LogP contribution in [-0.4, -0.2) is 28.2 Å². The zero-order valence-electron chi connectivity index (χ0n) is 10.0. The zero-order valence-corrected chi connectivity index (χ0v) is 10.0. The van der Waals surface area contributed by atoms with Crippen molar-refractivity contribution < 1.29 is 15.0 Å². The maximum absolute atomic E-state index is 11.4. The third-order valence-corrected chi connectivity index (χ3v) is 2.69. The van der Waals surface area contributed by atoms with Crippen molar-refractivity contribution in [1.82, 2.24) is 0 Å². The number of aliphatic hydroxyl groups is 2. The molecule has 1 aromatic rings. The van der Waals surface area contributed by atoms with Gasteiger partial charge in [0.15, 0.2) is 5.78 Å². The first kappa shape index (κ1) is 13.6. The van der Waals surface area contributed by atoms with E-state index in [1.807, 2.05) is 24.3 Å². The van der Waals surface area contributed by atoms with Crippen LogP contribution in [0.5, 0.6) is 0 Å². The summed E-state index contributed by atoms with van der Waals surface area (Å²) in [4.78, 5) is 11.4. The molecule has 3 heteroatoms. The normalized spacial score (nSPS) is 14.1. The average Bonchev–Trinajstić information content (AvgIpc) is 2.30. The molecule has 2 N–H and O–H groups in total. The molecule has 3 nitrogen and oxygen atoms in total. The van der Waals surface area contributed by atoms with E-state index in [0.29, 0.717) is 6.42 Å². The van der Waals surface area contributed by atoms with Crippen molar-refractivity contribution in [2.75, 3.05) is 6.61 Å². The largest absolute Gasteiger partial charge is 0.396 e. The Morgan fingerprint density at radius 1 is 1.35 bits per heavy atom. The average molecular weight is 234 g/mol. The van der Waals surface area contributed by atoms with E-state index >= 15 is 0 Å². The molecule has 1 unspecified atom stereocenters. The minimum Gasteiger partial charge on any atom is -0.396 e. The van der Waals surface area contributed by atoms with Crippen LogP contribution < -0.4 is 0 Å². The SMILES string of the molecule is C=CC(=O)C(C)(O)Cc1ccc(CCO)cc1. The Balaban J connectivity index is 2.75. The first-order valence-electron chi connectivity index (χ1n) is 5.57. The Hall–Kier alpha value is -1.45. The van der Waals surface area contributed by atoms with Gasteiger partial charge < -0.3 is 10.2 Å². The first-order valence-corrected chi connectivity index (χ1v) is 5.57. The standard InChI is InChI=1S/C14H18O3/c1-3-13(16)14(2,17)10-12-6-4-11(5-7-12)8-9-15/h3-7,15,17H,1,8-10H2,2H3. The second kappa shape index (κ2) is 5.75. The molecule has 1 aromatic carbocycles. The van der Waals surface area contributed by atoms with Gasteiger partial charge in [-0.2, -0.15) is 0 Å². The van der Waals surface area contributed by atoms with Crippen LogP contribution >= 0.6 is 0 Å². The number of hydrogen-bond acceptors (Lipinski definition) is 3. The van der Waals surface area contributed by atoms with Crippen LogP contribution in [0.3, 0.4) is 0 Å². The highest BCUT2D eigenvalue weighted by molar-refractivity contribution is 5.96. The molecular formula is C14H18O3. The van der Waals surface area contributed by atoms with Crippen molar-refractivity contribution >= 4 is 5.78 Å². The van der Waals surface area contributed by atoms with Gasteiger partial charge in [0, 0.05) is 13.0 Å². The molecule has 92 valence electrons. The molecule has 0 amide bonds. The Bertz CT molecular complexity index is 390. The Kier molecular flexibility index (Phi) is 4.61. The van der Waals surface area contributed by atoms with E-state index in [0.717, 1.165) is 17.2 Å². The van der Waals surface area contributed by atoms with Gasteiger partial charge in [-0.3, -0.25) is 4.79 Å². The van der Waals surface area contributed by atoms with Gasteiger partial charge in [0.1, 0.15) is 5.60 Å². The lowest BCUT2D eigenvalue weighted by Gasteiger charge is -2.20. The van der Waals surface area contributed by atoms with Crippen molar-refractivity contribution in [2.45, 2.75) is 25.4 Å². The number of rotatable bonds is 6. The summed E-state index contributed by atoms with van der Waals surface area (Å²) < 4.78 is 0. The van der Waals surface area contributed by atoms with Crippen LogP contribution in [0.4, 0.5) is 0 Å². The van der Waals surface area contributed by atoms with Crippen molar-refractivity contribution in [3.05, 3.63) is 48.0 Å². The molecule has 0 aliphatic carbocycles. The van der Waals surface area contributed by atoms with Crippen LogP contribution in [0, 0.1) is 0 Å². The fraction of sp³-hybridized carbons (Fsp3) is 0.357. The summed E-state index contributed by atoms with van der Waals surface area (Å²) in [5, 5.41) is 18.7. The molecule has 0 bridgehead atoms. The molecule has 0 heterocycles. The highest BCUT2D eigenvalue weighted by atomic mass is 16.3. The van der Waals surface area contributed by atoms with Gasteiger partial charge in [0.25, 0.3) is 0 Å². The van der Waals surface area contributed by atoms with Crippen LogP contribution in [-0.2, 0) is 17.6 Å². The first-order chi connectivity index (χ1) is 7.99. The van der Waals surface area contributed by atoms with Crippen LogP contribution in [0.25, 0.3) is 0 Å². The van der Waals surface area contributed by atoms with Crippen LogP contribution in [0.15, 0.2) is 36.9 Å². The van der Waals surface area contributed by atoms with Gasteiger partial charge in [-0.25, -0.2) is 0 Å². The Morgan fingerprint density at radius 2 is 1.88 bits per heavy atom. The molecule has 0 saturated heterocycles. The third kappa shape index (κ3) is 3.80. The predicted octanol–water partition coefficient (Wildman–Crippen LogP) is 1.27. The third-order valence-electron chi connectivity index (χ3n) is 2.69. The molecule has 0 aromatic heterocycles. The zero-order chi connectivity index (χ0) is 12.9. The summed E-state index contributed by atoms with van der Waals surface area (Å²) in [5.41, 5.74) is 0.512. The number of benzene rings is 1. The predicted molar refractivity (Wildman–Crippen MR) is 66.8 cm³/mol. The van der Waals surface area contributed by atoms with E-state index < -0.39 is 5.60 Å². The lowest BCUT2D eigenvalue weighted by molar-refractivity contribution is -0.130. The Morgan fingerprint density at radius 3 is 2.35 bits per heavy atom. The molecule has 17 heavy (non-hydrogen) atoms. The lowest BCUT2D eigenvalue weighted by atomic mass is 9.92. The summed E-state index contributed by atoms with van der Waals surface area (Å²) in [6.07, 6.45) is 2.01. The number of aliphatic hydroxyl groups excluding tert-OH is 1. The van der Waals surface area contributed by atoms with Gasteiger partial charge >= 0.3 is 0 Å². The van der Waals surface area contributed by atoms with Crippen LogP contribution in [0.1, 0.15) is 18.1 Å². The number of carbonyl (C=O) groups excluding carboxylic acids is 1. The molecular weight excluding hydrogens is 216 g/mol. The monoisotopic (exact) mass is 234 g/mol. The molecule has 0 aliphatic rings. The Labute approximate surface area is 101 Å². The van der Waals surface area contributed by atoms with Crippen molar-refractivity contribution in [3.63, 3.8) is 0 Å². The molecule has 0 fully saturated rings. The summed E-state index contributed by atoms with van der Waals surface area (Å²) in [6.45, 7) is 4.97. The van der Waals surface area contributed by atoms with E-state index in [9.17, 15) is 9.90 Å². The molecule has 0 radical (unpaired) electrons. The molecule has 0 spiro atoms. The van der Waals surface area contributed by atoms with E-state index in [-0.39, 0.29) is 18.8 Å². The van der Waals surface area contributed by atoms with Gasteiger partial charge in [0.2, 0.25) is 0 Å². The molecule has 0 saturated carbocycles. The molecule has 1 rings (SSSR count). The fourth-order valence-electron chi connectivity index (χ4n) is 1.66. The van der Waals surface area contributed by atoms with Gasteiger partial charge in [-0.1, -0.05) is 30.8 Å². The lowest BCUT2D eigenvalue weighted by Crippen LogP contribution is -2.36. The number of hydrogen-bond donors (Lipinski definition) is 2.